The van der Waals surface area contributed by atoms with Crippen LogP contribution in [-0.4, -0.2) is 41.3 Å². The summed E-state index contributed by atoms with van der Waals surface area (Å²) in [5, 5.41) is 0. The van der Waals surface area contributed by atoms with Crippen LogP contribution in [0.4, 0.5) is 5.69 Å². The number of rotatable bonds is 6. The lowest BCUT2D eigenvalue weighted by molar-refractivity contribution is 0.0749. The maximum absolute atomic E-state index is 13.1. The fourth-order valence-corrected chi connectivity index (χ4v) is 3.57. The van der Waals surface area contributed by atoms with Crippen molar-refractivity contribution >= 4 is 17.5 Å². The number of nitrogens with zero attached hydrogens (tertiary/aromatic N) is 3. The Bertz CT molecular complexity index is 813. The van der Waals surface area contributed by atoms with Crippen LogP contribution in [0, 0.1) is 0 Å². The molecule has 0 saturated carbocycles. The number of carbonyl (C=O) groups excluding carboxylic acids is 2. The van der Waals surface area contributed by atoms with Crippen LogP contribution in [0.3, 0.4) is 0 Å². The molecular weight excluding hydrogens is 338 g/mol. The van der Waals surface area contributed by atoms with E-state index >= 15 is 0 Å². The highest BCUT2D eigenvalue weighted by atomic mass is 16.2. The van der Waals surface area contributed by atoms with Crippen LogP contribution in [0.25, 0.3) is 0 Å². The Morgan fingerprint density at radius 2 is 1.70 bits per heavy atom. The van der Waals surface area contributed by atoms with Gasteiger partial charge in [-0.15, -0.1) is 0 Å². The van der Waals surface area contributed by atoms with Crippen LogP contribution in [0.1, 0.15) is 59.7 Å². The minimum absolute atomic E-state index is 0.104. The number of anilines is 1. The largest absolute Gasteiger partial charge is 0.337 e. The van der Waals surface area contributed by atoms with Gasteiger partial charge in [-0.1, -0.05) is 38.1 Å². The van der Waals surface area contributed by atoms with Gasteiger partial charge in [0.25, 0.3) is 11.8 Å². The third-order valence-corrected chi connectivity index (χ3v) is 4.82. The van der Waals surface area contributed by atoms with Crippen LogP contribution in [0.5, 0.6) is 0 Å². The van der Waals surface area contributed by atoms with Gasteiger partial charge in [0, 0.05) is 25.3 Å². The van der Waals surface area contributed by atoms with E-state index in [0.29, 0.717) is 31.0 Å². The number of amides is 2. The number of aryl methyl sites for hydroxylation is 1. The molecule has 5 heteroatoms. The molecule has 142 valence electrons. The van der Waals surface area contributed by atoms with Gasteiger partial charge in [0.15, 0.2) is 0 Å². The number of aromatic nitrogens is 1. The molecule has 0 bridgehead atoms. The van der Waals surface area contributed by atoms with E-state index in [4.69, 9.17) is 0 Å². The molecule has 3 rings (SSSR count). The first-order chi connectivity index (χ1) is 13.2. The Balaban J connectivity index is 1.85. The molecule has 0 unspecified atom stereocenters. The Labute approximate surface area is 161 Å². The lowest BCUT2D eigenvalue weighted by Gasteiger charge is -2.29. The Hall–Kier alpha value is -2.69. The molecule has 1 aliphatic heterocycles. The van der Waals surface area contributed by atoms with Gasteiger partial charge >= 0.3 is 0 Å². The molecule has 0 aliphatic carbocycles. The summed E-state index contributed by atoms with van der Waals surface area (Å²) >= 11 is 0. The summed E-state index contributed by atoms with van der Waals surface area (Å²) in [7, 11) is 0. The third-order valence-electron chi connectivity index (χ3n) is 4.82. The number of fused-ring (bicyclic) bond motifs is 1. The second kappa shape index (κ2) is 8.80. The van der Waals surface area contributed by atoms with Crippen LogP contribution in [0.15, 0.2) is 42.5 Å². The van der Waals surface area contributed by atoms with Crippen molar-refractivity contribution in [3.8, 4) is 0 Å². The highest BCUT2D eigenvalue weighted by Gasteiger charge is 2.25. The van der Waals surface area contributed by atoms with Crippen molar-refractivity contribution in [3.05, 3.63) is 59.4 Å². The number of hydrogen-bond donors (Lipinski definition) is 0. The molecule has 1 aliphatic rings. The summed E-state index contributed by atoms with van der Waals surface area (Å²) in [6.45, 7) is 6.18. The van der Waals surface area contributed by atoms with Gasteiger partial charge in [0.1, 0.15) is 11.4 Å². The fourth-order valence-electron chi connectivity index (χ4n) is 3.57. The summed E-state index contributed by atoms with van der Waals surface area (Å²) in [6, 6.07) is 13.1. The highest BCUT2D eigenvalue weighted by Crippen LogP contribution is 2.27. The van der Waals surface area contributed by atoms with E-state index < -0.39 is 0 Å². The maximum atomic E-state index is 13.1. The lowest BCUT2D eigenvalue weighted by atomic mass is 10.0. The minimum atomic E-state index is -0.144. The van der Waals surface area contributed by atoms with Crippen LogP contribution >= 0.6 is 0 Å². The molecule has 5 nitrogen and oxygen atoms in total. The molecule has 2 aromatic rings. The maximum Gasteiger partial charge on any atom is 0.276 e. The van der Waals surface area contributed by atoms with E-state index in [9.17, 15) is 9.59 Å². The first-order valence-corrected chi connectivity index (χ1v) is 9.81. The molecular formula is C22H27N3O2. The minimum Gasteiger partial charge on any atom is -0.337 e. The third kappa shape index (κ3) is 4.18. The predicted octanol–water partition coefficient (Wildman–Crippen LogP) is 3.94. The van der Waals surface area contributed by atoms with E-state index in [1.54, 1.807) is 23.1 Å². The number of para-hydroxylation sites is 1. The summed E-state index contributed by atoms with van der Waals surface area (Å²) < 4.78 is 0. The van der Waals surface area contributed by atoms with E-state index in [-0.39, 0.29) is 11.8 Å². The number of hydrogen-bond acceptors (Lipinski definition) is 3. The summed E-state index contributed by atoms with van der Waals surface area (Å²) in [5.41, 5.74) is 2.80. The van der Waals surface area contributed by atoms with Gasteiger partial charge in [-0.25, -0.2) is 4.98 Å². The van der Waals surface area contributed by atoms with Crippen molar-refractivity contribution in [2.24, 2.45) is 0 Å². The number of pyridine rings is 1. The fraction of sp³-hybridized carbons (Fsp3) is 0.409. The Kier molecular flexibility index (Phi) is 6.22. The zero-order valence-corrected chi connectivity index (χ0v) is 16.1. The van der Waals surface area contributed by atoms with E-state index in [1.165, 1.54) is 5.56 Å². The highest BCUT2D eigenvalue weighted by molar-refractivity contribution is 6.06. The average Bonchev–Trinajstić information content (AvgIpc) is 2.72. The molecule has 0 spiro atoms. The topological polar surface area (TPSA) is 53.5 Å². The molecule has 1 aromatic heterocycles. The van der Waals surface area contributed by atoms with Crippen LogP contribution < -0.4 is 4.90 Å². The van der Waals surface area contributed by atoms with E-state index in [1.807, 2.05) is 23.1 Å². The molecule has 1 aromatic carbocycles. The van der Waals surface area contributed by atoms with Crippen molar-refractivity contribution in [1.29, 1.82) is 0 Å². The van der Waals surface area contributed by atoms with E-state index in [2.05, 4.69) is 24.9 Å². The summed E-state index contributed by atoms with van der Waals surface area (Å²) in [4.78, 5) is 33.9. The smallest absolute Gasteiger partial charge is 0.276 e. The standard InChI is InChI=1S/C22H27N3O2/c1-3-14-24(15-4-2)21(26)18-11-7-12-19(23-18)22(27)25-16-8-10-17-9-5-6-13-20(17)25/h5-7,9,11-13H,3-4,8,10,14-16H2,1-2H3. The van der Waals surface area contributed by atoms with Crippen molar-refractivity contribution < 1.29 is 9.59 Å². The molecule has 0 saturated heterocycles. The van der Waals surface area contributed by atoms with E-state index in [0.717, 1.165) is 31.4 Å². The Morgan fingerprint density at radius 3 is 2.44 bits per heavy atom. The molecule has 0 N–H and O–H groups in total. The molecule has 0 fully saturated rings. The normalized spacial score (nSPS) is 13.2. The van der Waals surface area contributed by atoms with Gasteiger partial charge in [0.05, 0.1) is 0 Å². The lowest BCUT2D eigenvalue weighted by Crippen LogP contribution is -2.37. The molecule has 0 radical (unpaired) electrons. The van der Waals surface area contributed by atoms with Gasteiger partial charge in [-0.05, 0) is 49.4 Å². The summed E-state index contributed by atoms with van der Waals surface area (Å²) in [5.74, 6) is -0.248. The SMILES string of the molecule is CCCN(CCC)C(=O)c1cccc(C(=O)N2CCCc3ccccc32)n1. The number of benzene rings is 1. The molecule has 2 heterocycles. The molecule has 27 heavy (non-hydrogen) atoms. The molecule has 0 atom stereocenters. The van der Waals surface area contributed by atoms with Crippen molar-refractivity contribution in [1.82, 2.24) is 9.88 Å². The van der Waals surface area contributed by atoms with Crippen molar-refractivity contribution in [3.63, 3.8) is 0 Å². The zero-order chi connectivity index (χ0) is 19.2. The van der Waals surface area contributed by atoms with Gasteiger partial charge in [0.2, 0.25) is 0 Å². The van der Waals surface area contributed by atoms with Gasteiger partial charge < -0.3 is 9.80 Å². The first-order valence-electron chi connectivity index (χ1n) is 9.81. The monoisotopic (exact) mass is 365 g/mol. The second-order valence-corrected chi connectivity index (χ2v) is 6.89. The average molecular weight is 365 g/mol. The zero-order valence-electron chi connectivity index (χ0n) is 16.1. The summed E-state index contributed by atoms with van der Waals surface area (Å²) in [6.07, 6.45) is 3.71. The van der Waals surface area contributed by atoms with Gasteiger partial charge in [-0.3, -0.25) is 9.59 Å². The quantitative estimate of drug-likeness (QED) is 0.779. The van der Waals surface area contributed by atoms with Crippen LogP contribution in [-0.2, 0) is 6.42 Å². The van der Waals surface area contributed by atoms with Gasteiger partial charge in [-0.2, -0.15) is 0 Å². The molecule has 2 amide bonds. The second-order valence-electron chi connectivity index (χ2n) is 6.89. The Morgan fingerprint density at radius 1 is 1.00 bits per heavy atom. The van der Waals surface area contributed by atoms with Crippen molar-refractivity contribution in [2.75, 3.05) is 24.5 Å². The van der Waals surface area contributed by atoms with Crippen LogP contribution in [0.2, 0.25) is 0 Å². The number of carbonyl (C=O) groups is 2. The van der Waals surface area contributed by atoms with Crippen molar-refractivity contribution in [2.45, 2.75) is 39.5 Å². The first kappa shape index (κ1) is 19.1. The predicted molar refractivity (Wildman–Crippen MR) is 107 cm³/mol.